The number of aryl methyl sites for hydroxylation is 2. The molecule has 2 aromatic carbocycles. The van der Waals surface area contributed by atoms with E-state index < -0.39 is 48.6 Å². The smallest absolute Gasteiger partial charge is 0.274 e. The molecule has 0 spiro atoms. The van der Waals surface area contributed by atoms with Gasteiger partial charge in [0.15, 0.2) is 0 Å². The van der Waals surface area contributed by atoms with E-state index in [9.17, 15) is 0 Å². The Bertz CT molecular complexity index is 2290. The summed E-state index contributed by atoms with van der Waals surface area (Å²) < 4.78 is 97.5. The first kappa shape index (κ1) is 62.6. The maximum atomic E-state index is 16.0. The van der Waals surface area contributed by atoms with E-state index in [4.69, 9.17) is 18.1 Å². The highest BCUT2D eigenvalue weighted by Gasteiger charge is 2.52. The third-order valence-electron chi connectivity index (χ3n) is 19.1. The van der Waals surface area contributed by atoms with Crippen molar-refractivity contribution in [1.29, 1.82) is 0 Å². The molecule has 0 aromatic heterocycles. The fourth-order valence-corrected chi connectivity index (χ4v) is 22.4. The van der Waals surface area contributed by atoms with Gasteiger partial charge < -0.3 is 18.1 Å². The lowest BCUT2D eigenvalue weighted by atomic mass is 9.74. The maximum absolute atomic E-state index is 16.0. The van der Waals surface area contributed by atoms with Crippen LogP contribution in [0.2, 0.25) is 0 Å². The van der Waals surface area contributed by atoms with Crippen LogP contribution in [0.25, 0.3) is 0 Å². The van der Waals surface area contributed by atoms with Gasteiger partial charge in [0.1, 0.15) is 0 Å². The first-order valence-corrected chi connectivity index (χ1v) is 35.4. The Labute approximate surface area is 467 Å². The SMILES string of the molecule is Cc1ccc(S(=O)(=O)N(CC2(C)CCCC(N(P(O[C@@H]3C[C@H](C)CCC3C(C)C)O[C@@H]3C[C@H](C)CC[C@H]3C(C)C)S(=O)(=O)c3ccc(C)cc3)C2)P(O[C@@H]2C[C@H](C)CC[C@H]2C(C)C)O[C@@H]2C[C@H](C)CC[C@H]2C(C)C)cc1. The lowest BCUT2D eigenvalue weighted by Gasteiger charge is -2.48. The van der Waals surface area contributed by atoms with Crippen molar-refractivity contribution in [2.75, 3.05) is 6.54 Å². The van der Waals surface area contributed by atoms with Gasteiger partial charge in [-0.05, 0) is 185 Å². The van der Waals surface area contributed by atoms with Gasteiger partial charge in [-0.15, -0.1) is 8.15 Å². The molecule has 0 bridgehead atoms. The van der Waals surface area contributed by atoms with Crippen LogP contribution < -0.4 is 0 Å². The highest BCUT2D eigenvalue weighted by atomic mass is 32.2. The van der Waals surface area contributed by atoms with E-state index in [0.29, 0.717) is 73.0 Å². The summed E-state index contributed by atoms with van der Waals surface area (Å²) in [4.78, 5) is 0.456. The Hall–Kier alpha value is -1.04. The zero-order valence-electron chi connectivity index (χ0n) is 49.8. The molecule has 10 nitrogen and oxygen atoms in total. The van der Waals surface area contributed by atoms with E-state index in [0.717, 1.165) is 88.2 Å². The normalized spacial score (nSPS) is 33.8. The summed E-state index contributed by atoms with van der Waals surface area (Å²) in [5.74, 6) is 4.24. The molecule has 14 heteroatoms. The van der Waals surface area contributed by atoms with Gasteiger partial charge in [0, 0.05) is 12.6 Å². The van der Waals surface area contributed by atoms with Gasteiger partial charge in [-0.3, -0.25) is 0 Å². The van der Waals surface area contributed by atoms with Crippen LogP contribution in [-0.2, 0) is 38.1 Å². The van der Waals surface area contributed by atoms with E-state index in [1.807, 2.05) is 38.1 Å². The summed E-state index contributed by atoms with van der Waals surface area (Å²) in [6, 6.07) is 14.0. The third kappa shape index (κ3) is 15.5. The van der Waals surface area contributed by atoms with Crippen molar-refractivity contribution in [3.63, 3.8) is 0 Å². The van der Waals surface area contributed by atoms with Crippen molar-refractivity contribution in [3.05, 3.63) is 59.7 Å². The average Bonchev–Trinajstić information content (AvgIpc) is 3.38. The lowest BCUT2D eigenvalue weighted by molar-refractivity contribution is -0.00285. The van der Waals surface area contributed by atoms with Crippen molar-refractivity contribution in [1.82, 2.24) is 8.15 Å². The number of rotatable bonds is 21. The standard InChI is InChI=1S/C62H104N2O8P2S2/c1-41(2)54-30-22-47(11)35-58(54)69-73(70-59-36-48(12)23-31-55(59)42(3)4)63(75(65,66)52-26-18-45(9)19-27-52)40-62(15)34-16-17-51(39-62)64(76(67,68)53-28-20-46(10)21-29-53)74(71-60-37-49(13)24-32-56(60)43(5)6)72-61-38-50(14)25-33-57(61)44(7)8/h18-21,26-29,41-44,47-51,54-61H,16-17,22-25,30-40H2,1-15H3/t47-,48-,49-,50-,51?,54+,55+,56+,57?,58-,59-,60-,61-,62?,74?/m1/s1. The van der Waals surface area contributed by atoms with Crippen LogP contribution in [0.15, 0.2) is 58.3 Å². The topological polar surface area (TPSA) is 112 Å². The molecule has 0 heterocycles. The number of hydrogen-bond acceptors (Lipinski definition) is 8. The van der Waals surface area contributed by atoms with E-state index in [1.165, 1.54) is 0 Å². The van der Waals surface area contributed by atoms with Crippen molar-refractivity contribution >= 4 is 37.1 Å². The van der Waals surface area contributed by atoms with Crippen molar-refractivity contribution in [2.24, 2.45) is 76.4 Å². The van der Waals surface area contributed by atoms with Crippen LogP contribution in [0.5, 0.6) is 0 Å². The Balaban J connectivity index is 1.36. The van der Waals surface area contributed by atoms with Gasteiger partial charge >= 0.3 is 0 Å². The highest BCUT2D eigenvalue weighted by Crippen LogP contribution is 2.60. The van der Waals surface area contributed by atoms with Crippen LogP contribution in [0, 0.1) is 90.3 Å². The van der Waals surface area contributed by atoms with E-state index >= 15 is 16.8 Å². The molecule has 0 amide bonds. The molecule has 432 valence electrons. The molecular weight excluding hydrogens is 1030 g/mol. The quantitative estimate of drug-likeness (QED) is 0.114. The highest BCUT2D eigenvalue weighted by molar-refractivity contribution is 7.94. The molecule has 76 heavy (non-hydrogen) atoms. The van der Waals surface area contributed by atoms with Crippen molar-refractivity contribution < 1.29 is 34.9 Å². The predicted molar refractivity (Wildman–Crippen MR) is 314 cm³/mol. The van der Waals surface area contributed by atoms with Gasteiger partial charge in [-0.1, -0.05) is 158 Å². The van der Waals surface area contributed by atoms with Gasteiger partial charge in [0.2, 0.25) is 20.0 Å². The molecule has 0 N–H and O–H groups in total. The second kappa shape index (κ2) is 26.9. The minimum atomic E-state index is -4.23. The van der Waals surface area contributed by atoms with E-state index in [2.05, 4.69) is 90.0 Å². The number of sulfonamides is 2. The summed E-state index contributed by atoms with van der Waals surface area (Å²) >= 11 is 0. The number of nitrogens with zero attached hydrogens (tertiary/aromatic N) is 2. The molecular formula is C62H104N2O8P2S2. The summed E-state index contributed by atoms with van der Waals surface area (Å²) in [6.07, 6.45) is 13.8. The molecule has 2 aromatic rings. The second-order valence-electron chi connectivity index (χ2n) is 27.3. The molecule has 5 aliphatic rings. The predicted octanol–water partition coefficient (Wildman–Crippen LogP) is 17.3. The van der Waals surface area contributed by atoms with E-state index in [1.54, 1.807) is 32.4 Å². The summed E-state index contributed by atoms with van der Waals surface area (Å²) in [5, 5.41) is 0. The molecule has 5 fully saturated rings. The fraction of sp³-hybridized carbons (Fsp3) is 0.806. The maximum Gasteiger partial charge on any atom is 0.274 e. The van der Waals surface area contributed by atoms with Crippen LogP contribution in [0.1, 0.15) is 204 Å². The fourth-order valence-electron chi connectivity index (χ4n) is 14.1. The van der Waals surface area contributed by atoms with Crippen LogP contribution in [-0.4, -0.2) is 62.0 Å². The molecule has 0 radical (unpaired) electrons. The first-order chi connectivity index (χ1) is 35.8. The minimum Gasteiger partial charge on any atom is -0.318 e. The molecule has 7 rings (SSSR count). The summed E-state index contributed by atoms with van der Waals surface area (Å²) in [7, 11) is -12.8. The van der Waals surface area contributed by atoms with Gasteiger partial charge in [0.25, 0.3) is 17.1 Å². The Morgan fingerprint density at radius 1 is 0.500 bits per heavy atom. The number of benzene rings is 2. The van der Waals surface area contributed by atoms with Crippen molar-refractivity contribution in [2.45, 2.75) is 247 Å². The first-order valence-electron chi connectivity index (χ1n) is 30.2. The zero-order chi connectivity index (χ0) is 55.4. The zero-order valence-corrected chi connectivity index (χ0v) is 53.2. The lowest BCUT2D eigenvalue weighted by Crippen LogP contribution is -2.48. The Morgan fingerprint density at radius 2 is 0.829 bits per heavy atom. The van der Waals surface area contributed by atoms with Gasteiger partial charge in [-0.25, -0.2) is 16.8 Å². The molecule has 4 unspecified atom stereocenters. The monoisotopic (exact) mass is 1130 g/mol. The van der Waals surface area contributed by atoms with Gasteiger partial charge in [-0.2, -0.15) is 0 Å². The third-order valence-corrected chi connectivity index (χ3v) is 27.4. The molecule has 5 aliphatic carbocycles. The van der Waals surface area contributed by atoms with E-state index in [-0.39, 0.29) is 64.4 Å². The van der Waals surface area contributed by atoms with Gasteiger partial charge in [0.05, 0.1) is 34.2 Å². The Kier molecular flexibility index (Phi) is 22.1. The van der Waals surface area contributed by atoms with Crippen LogP contribution in [0.4, 0.5) is 0 Å². The summed E-state index contributed by atoms with van der Waals surface area (Å²) in [6.45, 7) is 33.7. The number of hydrogen-bond donors (Lipinski definition) is 0. The Morgan fingerprint density at radius 3 is 1.17 bits per heavy atom. The van der Waals surface area contributed by atoms with Crippen LogP contribution in [0.3, 0.4) is 0 Å². The summed E-state index contributed by atoms with van der Waals surface area (Å²) in [5.41, 5.74) is 1.28. The molecule has 0 aliphatic heterocycles. The second-order valence-corrected chi connectivity index (χ2v) is 34.2. The minimum absolute atomic E-state index is 0.123. The average molecular weight is 1130 g/mol. The molecule has 15 atom stereocenters. The largest absolute Gasteiger partial charge is 0.318 e. The van der Waals surface area contributed by atoms with Crippen molar-refractivity contribution in [3.8, 4) is 0 Å². The molecule has 5 saturated carbocycles. The molecule has 0 saturated heterocycles. The van der Waals surface area contributed by atoms with Crippen LogP contribution >= 0.6 is 17.1 Å².